The Kier molecular flexibility index (Phi) is 5.88. The van der Waals surface area contributed by atoms with Crippen LogP contribution in [0.5, 0.6) is 0 Å². The summed E-state index contributed by atoms with van der Waals surface area (Å²) in [6.07, 6.45) is 1.51. The molecular weight excluding hydrogens is 450 g/mol. The molecule has 0 spiro atoms. The van der Waals surface area contributed by atoms with E-state index in [0.29, 0.717) is 11.3 Å². The number of thiophene rings is 1. The Hall–Kier alpha value is -2.76. The van der Waals surface area contributed by atoms with Gasteiger partial charge in [-0.1, -0.05) is 6.07 Å². The van der Waals surface area contributed by atoms with Crippen molar-refractivity contribution >= 4 is 44.7 Å². The third kappa shape index (κ3) is 4.63. The van der Waals surface area contributed by atoms with E-state index in [-0.39, 0.29) is 11.8 Å². The van der Waals surface area contributed by atoms with Gasteiger partial charge in [-0.25, -0.2) is 0 Å². The zero-order valence-corrected chi connectivity index (χ0v) is 17.9. The number of nitrogens with one attached hydrogen (secondary N) is 1. The van der Waals surface area contributed by atoms with E-state index >= 15 is 0 Å². The first kappa shape index (κ1) is 19.6. The van der Waals surface area contributed by atoms with Crippen LogP contribution >= 0.6 is 27.3 Å². The highest BCUT2D eigenvalue weighted by Crippen LogP contribution is 2.30. The summed E-state index contributed by atoms with van der Waals surface area (Å²) in [7, 11) is 0. The van der Waals surface area contributed by atoms with Gasteiger partial charge in [-0.05, 0) is 71.2 Å². The molecule has 29 heavy (non-hydrogen) atoms. The van der Waals surface area contributed by atoms with E-state index in [1.54, 1.807) is 35.6 Å². The first-order valence-corrected chi connectivity index (χ1v) is 10.9. The van der Waals surface area contributed by atoms with E-state index in [9.17, 15) is 4.79 Å². The molecule has 1 amide bonds. The van der Waals surface area contributed by atoms with Gasteiger partial charge in [0, 0.05) is 24.7 Å². The average Bonchev–Trinajstić information content (AvgIpc) is 3.20. The molecule has 3 aromatic rings. The number of carbonyl (C=O) groups excluding carboxylic acids is 1. The predicted octanol–water partition coefficient (Wildman–Crippen LogP) is 4.69. The summed E-state index contributed by atoms with van der Waals surface area (Å²) in [6.45, 7) is 1.52. The van der Waals surface area contributed by atoms with Gasteiger partial charge in [0.05, 0.1) is 20.3 Å². The van der Waals surface area contributed by atoms with E-state index in [2.05, 4.69) is 42.4 Å². The van der Waals surface area contributed by atoms with Crippen molar-refractivity contribution in [1.82, 2.24) is 10.2 Å². The highest BCUT2D eigenvalue weighted by atomic mass is 79.9. The molecule has 8 heteroatoms. The van der Waals surface area contributed by atoms with Crippen molar-refractivity contribution in [2.24, 2.45) is 5.92 Å². The Morgan fingerprint density at radius 1 is 1.17 bits per heavy atom. The van der Waals surface area contributed by atoms with Crippen molar-refractivity contribution < 1.29 is 4.79 Å². The Balaban J connectivity index is 1.34. The number of nitrogens with zero attached hydrogens (tertiary/aromatic N) is 4. The van der Waals surface area contributed by atoms with Crippen LogP contribution in [-0.2, 0) is 4.79 Å². The highest BCUT2D eigenvalue weighted by molar-refractivity contribution is 9.11. The lowest BCUT2D eigenvalue weighted by molar-refractivity contribution is -0.120. The molecule has 0 atom stereocenters. The van der Waals surface area contributed by atoms with Gasteiger partial charge in [0.25, 0.3) is 0 Å². The number of amides is 1. The van der Waals surface area contributed by atoms with Crippen LogP contribution in [0.1, 0.15) is 18.4 Å². The van der Waals surface area contributed by atoms with Crippen LogP contribution in [0.25, 0.3) is 10.6 Å². The smallest absolute Gasteiger partial charge is 0.227 e. The summed E-state index contributed by atoms with van der Waals surface area (Å²) in [5.41, 5.74) is 2.06. The summed E-state index contributed by atoms with van der Waals surface area (Å²) >= 11 is 5.09. The fourth-order valence-electron chi connectivity index (χ4n) is 3.36. The molecule has 1 aliphatic rings. The molecule has 6 nitrogen and oxygen atoms in total. The van der Waals surface area contributed by atoms with E-state index < -0.39 is 0 Å². The van der Waals surface area contributed by atoms with Gasteiger partial charge in [0.1, 0.15) is 5.69 Å². The van der Waals surface area contributed by atoms with Crippen LogP contribution in [0.15, 0.2) is 52.3 Å². The summed E-state index contributed by atoms with van der Waals surface area (Å²) < 4.78 is 1.07. The van der Waals surface area contributed by atoms with E-state index in [1.807, 2.05) is 24.3 Å². The molecule has 1 fully saturated rings. The van der Waals surface area contributed by atoms with E-state index in [1.165, 1.54) is 0 Å². The number of anilines is 2. The summed E-state index contributed by atoms with van der Waals surface area (Å²) in [5, 5.41) is 20.7. The third-order valence-electron chi connectivity index (χ3n) is 4.93. The maximum atomic E-state index is 12.6. The first-order valence-electron chi connectivity index (χ1n) is 9.28. The molecule has 2 aromatic heterocycles. The second-order valence-electron chi connectivity index (χ2n) is 6.82. The van der Waals surface area contributed by atoms with Crippen LogP contribution in [-0.4, -0.2) is 29.2 Å². The minimum Gasteiger partial charge on any atom is -0.355 e. The molecule has 1 aromatic carbocycles. The largest absolute Gasteiger partial charge is 0.355 e. The van der Waals surface area contributed by atoms with Crippen molar-refractivity contribution in [3.05, 3.63) is 57.9 Å². The van der Waals surface area contributed by atoms with Crippen molar-refractivity contribution in [1.29, 1.82) is 5.26 Å². The molecule has 0 unspecified atom stereocenters. The van der Waals surface area contributed by atoms with E-state index in [4.69, 9.17) is 5.26 Å². The molecule has 0 saturated carbocycles. The topological polar surface area (TPSA) is 81.9 Å². The minimum absolute atomic E-state index is 0.00412. The van der Waals surface area contributed by atoms with Crippen LogP contribution in [0.4, 0.5) is 11.5 Å². The maximum absolute atomic E-state index is 12.6. The molecule has 3 heterocycles. The monoisotopic (exact) mass is 467 g/mol. The number of carbonyl (C=O) groups is 1. The molecule has 1 saturated heterocycles. The number of benzene rings is 1. The van der Waals surface area contributed by atoms with Crippen molar-refractivity contribution in [2.75, 3.05) is 23.3 Å². The summed E-state index contributed by atoms with van der Waals surface area (Å²) in [4.78, 5) is 15.8. The number of halogens is 1. The van der Waals surface area contributed by atoms with Gasteiger partial charge in [0.2, 0.25) is 5.91 Å². The van der Waals surface area contributed by atoms with Gasteiger partial charge in [-0.2, -0.15) is 5.26 Å². The second kappa shape index (κ2) is 8.72. The summed E-state index contributed by atoms with van der Waals surface area (Å²) in [5.74, 6) is 0.794. The fraction of sp³-hybridized carbons (Fsp3) is 0.238. The molecule has 0 radical (unpaired) electrons. The molecule has 0 bridgehead atoms. The lowest BCUT2D eigenvalue weighted by atomic mass is 9.95. The maximum Gasteiger partial charge on any atom is 0.227 e. The Morgan fingerprint density at radius 2 is 2.00 bits per heavy atom. The number of aromatic nitrogens is 2. The standard InChI is InChI=1S/C21H18BrN5OS/c22-19-6-5-18(29-19)17-4-7-20(26-25-17)27-10-8-15(9-11-27)21(28)24-16-3-1-2-14(12-16)13-23/h1-7,12,15H,8-11H2,(H,24,28). The zero-order valence-electron chi connectivity index (χ0n) is 15.5. The second-order valence-corrected chi connectivity index (χ2v) is 9.29. The molecule has 4 rings (SSSR count). The Bertz CT molecular complexity index is 1050. The normalized spacial score (nSPS) is 14.4. The van der Waals surface area contributed by atoms with Crippen molar-refractivity contribution in [3.63, 3.8) is 0 Å². The van der Waals surface area contributed by atoms with Crippen molar-refractivity contribution in [2.45, 2.75) is 12.8 Å². The van der Waals surface area contributed by atoms with Crippen molar-refractivity contribution in [3.8, 4) is 16.6 Å². The molecule has 146 valence electrons. The SMILES string of the molecule is N#Cc1cccc(NC(=O)C2CCN(c3ccc(-c4ccc(Br)s4)nn3)CC2)c1. The molecule has 0 aliphatic carbocycles. The third-order valence-corrected chi connectivity index (χ3v) is 6.57. The molecule has 1 aliphatic heterocycles. The number of piperidine rings is 1. The molecular formula is C21H18BrN5OS. The zero-order chi connectivity index (χ0) is 20.2. The number of nitriles is 1. The Labute approximate surface area is 181 Å². The van der Waals surface area contributed by atoms with Crippen LogP contribution < -0.4 is 10.2 Å². The van der Waals surface area contributed by atoms with Gasteiger partial charge < -0.3 is 10.2 Å². The summed E-state index contributed by atoms with van der Waals surface area (Å²) in [6, 6.07) is 17.1. The lowest BCUT2D eigenvalue weighted by Gasteiger charge is -2.31. The van der Waals surface area contributed by atoms with Crippen LogP contribution in [0, 0.1) is 17.2 Å². The van der Waals surface area contributed by atoms with Crippen LogP contribution in [0.2, 0.25) is 0 Å². The number of hydrogen-bond acceptors (Lipinski definition) is 6. The number of hydrogen-bond donors (Lipinski definition) is 1. The van der Waals surface area contributed by atoms with Gasteiger partial charge in [0.15, 0.2) is 5.82 Å². The van der Waals surface area contributed by atoms with Gasteiger partial charge >= 0.3 is 0 Å². The predicted molar refractivity (Wildman–Crippen MR) is 118 cm³/mol. The average molecular weight is 468 g/mol. The number of rotatable bonds is 4. The fourth-order valence-corrected chi connectivity index (χ4v) is 4.71. The van der Waals surface area contributed by atoms with Gasteiger partial charge in [-0.3, -0.25) is 4.79 Å². The minimum atomic E-state index is -0.0484. The Morgan fingerprint density at radius 3 is 2.66 bits per heavy atom. The van der Waals surface area contributed by atoms with E-state index in [0.717, 1.165) is 46.1 Å². The lowest BCUT2D eigenvalue weighted by Crippen LogP contribution is -2.38. The highest BCUT2D eigenvalue weighted by Gasteiger charge is 2.26. The molecule has 1 N–H and O–H groups in total. The van der Waals surface area contributed by atoms with Gasteiger partial charge in [-0.15, -0.1) is 21.5 Å². The van der Waals surface area contributed by atoms with Crippen LogP contribution in [0.3, 0.4) is 0 Å². The quantitative estimate of drug-likeness (QED) is 0.601. The first-order chi connectivity index (χ1) is 14.1.